The molecule has 0 unspecified atom stereocenters. The highest BCUT2D eigenvalue weighted by Gasteiger charge is 2.29. The predicted molar refractivity (Wildman–Crippen MR) is 147 cm³/mol. The Morgan fingerprint density at radius 1 is 1.08 bits per heavy atom. The first-order valence-corrected chi connectivity index (χ1v) is 14.9. The van der Waals surface area contributed by atoms with E-state index in [1.54, 1.807) is 11.3 Å². The Hall–Kier alpha value is -3.77. The van der Waals surface area contributed by atoms with Gasteiger partial charge in [0.2, 0.25) is 10.0 Å². The second-order valence-electron chi connectivity index (χ2n) is 9.14. The van der Waals surface area contributed by atoms with Crippen molar-refractivity contribution < 1.29 is 18.0 Å². The highest BCUT2D eigenvalue weighted by atomic mass is 32.2. The van der Waals surface area contributed by atoms with Crippen molar-refractivity contribution >= 4 is 50.3 Å². The lowest BCUT2D eigenvalue weighted by Crippen LogP contribution is -2.38. The quantitative estimate of drug-likeness (QED) is 0.356. The molecular weight excluding hydrogens is 524 g/mol. The molecule has 198 valence electrons. The van der Waals surface area contributed by atoms with Gasteiger partial charge in [-0.1, -0.05) is 30.3 Å². The van der Waals surface area contributed by atoms with Crippen molar-refractivity contribution in [3.63, 3.8) is 0 Å². The summed E-state index contributed by atoms with van der Waals surface area (Å²) in [4.78, 5) is 33.6. The third-order valence-electron chi connectivity index (χ3n) is 6.79. The summed E-state index contributed by atoms with van der Waals surface area (Å²) in [5.74, 6) is -0.483. The summed E-state index contributed by atoms with van der Waals surface area (Å²) in [5.41, 5.74) is 2.54. The van der Waals surface area contributed by atoms with Gasteiger partial charge in [0.15, 0.2) is 5.65 Å². The van der Waals surface area contributed by atoms with Gasteiger partial charge in [0, 0.05) is 24.2 Å². The topological polar surface area (TPSA) is 126 Å². The van der Waals surface area contributed by atoms with Crippen LogP contribution in [0, 0.1) is 6.92 Å². The van der Waals surface area contributed by atoms with Crippen LogP contribution in [0.2, 0.25) is 0 Å². The summed E-state index contributed by atoms with van der Waals surface area (Å²) in [6.07, 6.45) is 4.40. The van der Waals surface area contributed by atoms with Crippen LogP contribution in [0.5, 0.6) is 0 Å². The van der Waals surface area contributed by atoms with Crippen LogP contribution >= 0.6 is 11.3 Å². The average Bonchev–Trinajstić information content (AvgIpc) is 3.55. The third-order valence-corrected chi connectivity index (χ3v) is 8.90. The smallest absolute Gasteiger partial charge is 0.270 e. The molecule has 10 nitrogen and oxygen atoms in total. The number of likely N-dealkylation sites (tertiary alicyclic amines) is 1. The Balaban J connectivity index is 1.47. The summed E-state index contributed by atoms with van der Waals surface area (Å²) in [5, 5.41) is 9.55. The van der Waals surface area contributed by atoms with E-state index in [0.717, 1.165) is 23.4 Å². The lowest BCUT2D eigenvalue weighted by molar-refractivity contribution is 0.0713. The van der Waals surface area contributed by atoms with Gasteiger partial charge in [0.1, 0.15) is 16.9 Å². The second kappa shape index (κ2) is 10.5. The van der Waals surface area contributed by atoms with Gasteiger partial charge in [-0.25, -0.2) is 18.1 Å². The molecule has 5 rings (SSSR count). The van der Waals surface area contributed by atoms with Crippen LogP contribution < -0.4 is 10.0 Å². The number of amides is 2. The number of thiophene rings is 1. The number of hydrogen-bond donors (Lipinski definition) is 2. The fourth-order valence-corrected chi connectivity index (χ4v) is 5.78. The minimum absolute atomic E-state index is 0.00482. The largest absolute Gasteiger partial charge is 0.338 e. The molecule has 1 aliphatic heterocycles. The van der Waals surface area contributed by atoms with Crippen LogP contribution in [0.15, 0.2) is 54.2 Å². The molecule has 2 N–H and O–H groups in total. The fraction of sp³-hybridized carbons (Fsp3) is 0.308. The summed E-state index contributed by atoms with van der Waals surface area (Å²) in [7, 11) is -3.77. The lowest BCUT2D eigenvalue weighted by Gasteiger charge is -2.32. The normalized spacial score (nSPS) is 14.5. The number of anilines is 2. The van der Waals surface area contributed by atoms with Crippen LogP contribution in [0.1, 0.15) is 56.8 Å². The number of piperidine rings is 1. The molecule has 12 heteroatoms. The van der Waals surface area contributed by atoms with Crippen LogP contribution in [0.3, 0.4) is 0 Å². The van der Waals surface area contributed by atoms with E-state index < -0.39 is 15.9 Å². The number of aryl methyl sites for hydroxylation is 1. The van der Waals surface area contributed by atoms with Gasteiger partial charge in [-0.2, -0.15) is 9.61 Å². The van der Waals surface area contributed by atoms with Crippen molar-refractivity contribution in [1.29, 1.82) is 0 Å². The Kier molecular flexibility index (Phi) is 7.17. The number of carbonyl (C=O) groups excluding carboxylic acids is 2. The van der Waals surface area contributed by atoms with Crippen molar-refractivity contribution in [3.05, 3.63) is 75.7 Å². The molecule has 1 aromatic carbocycles. The molecule has 0 spiro atoms. The number of fused-ring (bicyclic) bond motifs is 1. The summed E-state index contributed by atoms with van der Waals surface area (Å²) in [6.45, 7) is 4.61. The van der Waals surface area contributed by atoms with E-state index in [0.29, 0.717) is 30.4 Å². The minimum atomic E-state index is -3.77. The van der Waals surface area contributed by atoms with Gasteiger partial charge in [0.25, 0.3) is 11.8 Å². The SMILES string of the molecule is CCS(=O)(=O)NC(=O)c1cnn2c(Nc3ccsc3C)c(C(=O)N3CCC(c4ccccc4)CC3)cnc12. The van der Waals surface area contributed by atoms with Gasteiger partial charge in [-0.05, 0) is 49.6 Å². The van der Waals surface area contributed by atoms with Gasteiger partial charge >= 0.3 is 0 Å². The number of nitrogens with zero attached hydrogens (tertiary/aromatic N) is 4. The molecule has 38 heavy (non-hydrogen) atoms. The average molecular weight is 553 g/mol. The second-order valence-corrected chi connectivity index (χ2v) is 12.3. The van der Waals surface area contributed by atoms with E-state index in [1.807, 2.05) is 46.2 Å². The number of carbonyl (C=O) groups is 2. The Bertz CT molecular complexity index is 1590. The molecule has 0 aliphatic carbocycles. The van der Waals surface area contributed by atoms with Gasteiger partial charge in [0.05, 0.1) is 17.6 Å². The molecular formula is C26H28N6O4S2. The summed E-state index contributed by atoms with van der Waals surface area (Å²) < 4.78 is 27.3. The van der Waals surface area contributed by atoms with Gasteiger partial charge in [-0.3, -0.25) is 9.59 Å². The van der Waals surface area contributed by atoms with E-state index in [2.05, 4.69) is 27.5 Å². The fourth-order valence-electron chi connectivity index (χ4n) is 4.59. The van der Waals surface area contributed by atoms with Crippen LogP contribution in [-0.2, 0) is 10.0 Å². The number of rotatable bonds is 7. The molecule has 1 fully saturated rings. The minimum Gasteiger partial charge on any atom is -0.338 e. The maximum Gasteiger partial charge on any atom is 0.270 e. The number of hydrogen-bond acceptors (Lipinski definition) is 8. The highest BCUT2D eigenvalue weighted by molar-refractivity contribution is 7.90. The van der Waals surface area contributed by atoms with Gasteiger partial charge < -0.3 is 10.2 Å². The Labute approximate surface area is 224 Å². The molecule has 0 saturated carbocycles. The van der Waals surface area contributed by atoms with Crippen LogP contribution in [0.25, 0.3) is 5.65 Å². The zero-order chi connectivity index (χ0) is 26.9. The van der Waals surface area contributed by atoms with Crippen molar-refractivity contribution in [2.45, 2.75) is 32.6 Å². The molecule has 1 saturated heterocycles. The van der Waals surface area contributed by atoms with E-state index in [4.69, 9.17) is 0 Å². The molecule has 0 radical (unpaired) electrons. The lowest BCUT2D eigenvalue weighted by atomic mass is 9.89. The zero-order valence-electron chi connectivity index (χ0n) is 21.0. The first-order valence-electron chi connectivity index (χ1n) is 12.3. The van der Waals surface area contributed by atoms with Crippen molar-refractivity contribution in [3.8, 4) is 0 Å². The summed E-state index contributed by atoms with van der Waals surface area (Å²) >= 11 is 1.55. The molecule has 0 bridgehead atoms. The Morgan fingerprint density at radius 2 is 1.82 bits per heavy atom. The molecule has 0 atom stereocenters. The molecule has 4 aromatic rings. The monoisotopic (exact) mass is 552 g/mol. The van der Waals surface area contributed by atoms with Gasteiger partial charge in [-0.15, -0.1) is 11.3 Å². The maximum atomic E-state index is 13.7. The molecule has 2 amide bonds. The molecule has 4 heterocycles. The van der Waals surface area contributed by atoms with Crippen molar-refractivity contribution in [2.75, 3.05) is 24.2 Å². The number of nitrogens with one attached hydrogen (secondary N) is 2. The van der Waals surface area contributed by atoms with Crippen molar-refractivity contribution in [2.24, 2.45) is 0 Å². The zero-order valence-corrected chi connectivity index (χ0v) is 22.7. The first-order chi connectivity index (χ1) is 18.3. The van der Waals surface area contributed by atoms with Crippen molar-refractivity contribution in [1.82, 2.24) is 24.2 Å². The highest BCUT2D eigenvalue weighted by Crippen LogP contribution is 2.31. The summed E-state index contributed by atoms with van der Waals surface area (Å²) in [6, 6.07) is 12.2. The molecule has 3 aromatic heterocycles. The predicted octanol–water partition coefficient (Wildman–Crippen LogP) is 3.94. The van der Waals surface area contributed by atoms with Crippen LogP contribution in [-0.4, -0.2) is 58.6 Å². The molecule has 1 aliphatic rings. The van der Waals surface area contributed by atoms with Crippen LogP contribution in [0.4, 0.5) is 11.5 Å². The number of benzene rings is 1. The maximum absolute atomic E-state index is 13.7. The van der Waals surface area contributed by atoms with E-state index >= 15 is 0 Å². The van der Waals surface area contributed by atoms with E-state index in [1.165, 1.54) is 29.4 Å². The van der Waals surface area contributed by atoms with E-state index in [-0.39, 0.29) is 22.9 Å². The number of sulfonamides is 1. The Morgan fingerprint density at radius 3 is 2.47 bits per heavy atom. The standard InChI is InChI=1S/C26H28N6O4S2/c1-3-38(35,36)30-25(33)20-16-28-32-23(20)27-15-21(24(32)29-22-11-14-37-17(22)2)26(34)31-12-9-19(10-13-31)18-7-5-4-6-8-18/h4-8,11,14-16,19,29H,3,9-10,12-13H2,1-2H3,(H,30,33). The van der Waals surface area contributed by atoms with E-state index in [9.17, 15) is 18.0 Å². The first kappa shape index (κ1) is 25.9. The number of aromatic nitrogens is 3. The third kappa shape index (κ3) is 5.14.